The number of aliphatic hydroxyl groups excluding tert-OH is 1. The Hall–Kier alpha value is -1.88. The zero-order chi connectivity index (χ0) is 13.8. The van der Waals surface area contributed by atoms with Crippen LogP contribution >= 0.6 is 0 Å². The van der Waals surface area contributed by atoms with E-state index in [1.54, 1.807) is 18.3 Å². The summed E-state index contributed by atoms with van der Waals surface area (Å²) in [6.07, 6.45) is 2.16. The molecule has 0 radical (unpaired) electrons. The van der Waals surface area contributed by atoms with E-state index in [0.717, 1.165) is 11.0 Å². The minimum Gasteiger partial charge on any atom is -0.394 e. The maximum absolute atomic E-state index is 12.0. The lowest BCUT2D eigenvalue weighted by molar-refractivity contribution is -0.132. The maximum atomic E-state index is 12.0. The monoisotopic (exact) mass is 261 g/mol. The Labute approximate surface area is 112 Å². The molecule has 1 aromatic heterocycles. The molecule has 5 heteroatoms. The van der Waals surface area contributed by atoms with Gasteiger partial charge in [-0.25, -0.2) is 4.98 Å². The lowest BCUT2D eigenvalue weighted by Crippen LogP contribution is -2.37. The van der Waals surface area contributed by atoms with E-state index >= 15 is 0 Å². The molecular formula is C14H19N3O2. The fourth-order valence-corrected chi connectivity index (χ4v) is 1.95. The lowest BCUT2D eigenvalue weighted by atomic mass is 10.2. The Morgan fingerprint density at radius 2 is 2.21 bits per heavy atom. The minimum atomic E-state index is -0.146. The fraction of sp³-hybridized carbons (Fsp3) is 0.429. The summed E-state index contributed by atoms with van der Waals surface area (Å²) in [5.74, 6) is 0.0272. The molecule has 1 heterocycles. The third-order valence-corrected chi connectivity index (χ3v) is 3.41. The van der Waals surface area contributed by atoms with Gasteiger partial charge in [0.2, 0.25) is 5.91 Å². The first-order chi connectivity index (χ1) is 9.13. The zero-order valence-corrected chi connectivity index (χ0v) is 11.3. The van der Waals surface area contributed by atoms with Gasteiger partial charge in [0.15, 0.2) is 0 Å². The molecule has 0 bridgehead atoms. The summed E-state index contributed by atoms with van der Waals surface area (Å²) < 4.78 is 1.98. The van der Waals surface area contributed by atoms with Gasteiger partial charge in [-0.3, -0.25) is 4.79 Å². The molecule has 0 saturated carbocycles. The van der Waals surface area contributed by atoms with Crippen molar-refractivity contribution < 1.29 is 9.90 Å². The molecule has 0 aliphatic heterocycles. The van der Waals surface area contributed by atoms with Crippen molar-refractivity contribution in [3.63, 3.8) is 0 Å². The molecule has 1 unspecified atom stereocenters. The van der Waals surface area contributed by atoms with Crippen molar-refractivity contribution in [1.29, 1.82) is 0 Å². The predicted octanol–water partition coefficient (Wildman–Crippen LogP) is 1.27. The number of aryl methyl sites for hydroxylation is 1. The number of rotatable bonds is 5. The van der Waals surface area contributed by atoms with Crippen LogP contribution in [0.1, 0.15) is 13.3 Å². The van der Waals surface area contributed by atoms with E-state index in [9.17, 15) is 4.79 Å². The summed E-state index contributed by atoms with van der Waals surface area (Å²) in [4.78, 5) is 17.8. The first-order valence-corrected chi connectivity index (χ1v) is 6.40. The van der Waals surface area contributed by atoms with E-state index in [0.29, 0.717) is 13.0 Å². The van der Waals surface area contributed by atoms with E-state index in [1.807, 2.05) is 35.8 Å². The summed E-state index contributed by atoms with van der Waals surface area (Å²) in [5.41, 5.74) is 1.97. The first-order valence-electron chi connectivity index (χ1n) is 6.40. The van der Waals surface area contributed by atoms with Gasteiger partial charge in [-0.2, -0.15) is 0 Å². The zero-order valence-electron chi connectivity index (χ0n) is 11.3. The number of imidazole rings is 1. The van der Waals surface area contributed by atoms with Crippen LogP contribution in [-0.4, -0.2) is 45.2 Å². The molecule has 0 spiro atoms. The molecule has 1 atom stereocenters. The summed E-state index contributed by atoms with van der Waals surface area (Å²) in [7, 11) is 1.72. The van der Waals surface area contributed by atoms with Crippen molar-refractivity contribution in [2.75, 3.05) is 13.7 Å². The molecule has 2 aromatic rings. The highest BCUT2D eigenvalue weighted by molar-refractivity contribution is 5.77. The highest BCUT2D eigenvalue weighted by atomic mass is 16.3. The second kappa shape index (κ2) is 5.84. The number of carbonyl (C=O) groups excluding carboxylic acids is 1. The Kier molecular flexibility index (Phi) is 4.16. The average Bonchev–Trinajstić information content (AvgIpc) is 2.86. The van der Waals surface area contributed by atoms with Gasteiger partial charge in [-0.15, -0.1) is 0 Å². The highest BCUT2D eigenvalue weighted by Crippen LogP contribution is 2.12. The lowest BCUT2D eigenvalue weighted by Gasteiger charge is -2.23. The molecular weight excluding hydrogens is 242 g/mol. The summed E-state index contributed by atoms with van der Waals surface area (Å²) >= 11 is 0. The number of fused-ring (bicyclic) bond motifs is 1. The molecule has 1 amide bonds. The Morgan fingerprint density at radius 3 is 2.95 bits per heavy atom. The van der Waals surface area contributed by atoms with Gasteiger partial charge in [0, 0.05) is 20.0 Å². The van der Waals surface area contributed by atoms with Crippen molar-refractivity contribution in [3.05, 3.63) is 30.6 Å². The predicted molar refractivity (Wildman–Crippen MR) is 73.7 cm³/mol. The number of amides is 1. The molecule has 0 aliphatic rings. The Bertz CT molecular complexity index is 565. The third kappa shape index (κ3) is 2.93. The second-order valence-electron chi connectivity index (χ2n) is 4.71. The largest absolute Gasteiger partial charge is 0.394 e. The average molecular weight is 261 g/mol. The smallest absolute Gasteiger partial charge is 0.224 e. The van der Waals surface area contributed by atoms with Crippen LogP contribution in [0.2, 0.25) is 0 Å². The van der Waals surface area contributed by atoms with E-state index in [2.05, 4.69) is 4.98 Å². The van der Waals surface area contributed by atoms with Crippen molar-refractivity contribution >= 4 is 16.9 Å². The van der Waals surface area contributed by atoms with Crippen LogP contribution in [0.5, 0.6) is 0 Å². The van der Waals surface area contributed by atoms with E-state index in [-0.39, 0.29) is 18.6 Å². The number of para-hydroxylation sites is 2. The number of nitrogens with zero attached hydrogens (tertiary/aromatic N) is 3. The normalized spacial score (nSPS) is 12.6. The summed E-state index contributed by atoms with van der Waals surface area (Å²) in [6, 6.07) is 7.71. The number of aliphatic hydroxyl groups is 1. The van der Waals surface area contributed by atoms with Gasteiger partial charge < -0.3 is 14.6 Å². The first kappa shape index (κ1) is 13.5. The van der Waals surface area contributed by atoms with Crippen LogP contribution in [-0.2, 0) is 11.3 Å². The topological polar surface area (TPSA) is 58.4 Å². The van der Waals surface area contributed by atoms with Crippen LogP contribution in [0.25, 0.3) is 11.0 Å². The number of aromatic nitrogens is 2. The molecule has 2 rings (SSSR count). The summed E-state index contributed by atoms with van der Waals surface area (Å²) in [6.45, 7) is 2.41. The quantitative estimate of drug-likeness (QED) is 0.881. The summed E-state index contributed by atoms with van der Waals surface area (Å²) in [5, 5.41) is 9.04. The van der Waals surface area contributed by atoms with Crippen molar-refractivity contribution in [1.82, 2.24) is 14.5 Å². The fourth-order valence-electron chi connectivity index (χ4n) is 1.95. The van der Waals surface area contributed by atoms with Crippen LogP contribution in [0, 0.1) is 0 Å². The van der Waals surface area contributed by atoms with Crippen molar-refractivity contribution in [3.8, 4) is 0 Å². The van der Waals surface area contributed by atoms with Crippen LogP contribution in [0.4, 0.5) is 0 Å². The Balaban J connectivity index is 2.01. The third-order valence-electron chi connectivity index (χ3n) is 3.41. The number of benzene rings is 1. The second-order valence-corrected chi connectivity index (χ2v) is 4.71. The van der Waals surface area contributed by atoms with Crippen LogP contribution < -0.4 is 0 Å². The molecule has 0 aliphatic carbocycles. The standard InChI is InChI=1S/C14H19N3O2/c1-11(9-18)16(2)14(19)7-8-17-10-15-12-5-3-4-6-13(12)17/h3-6,10-11,18H,7-9H2,1-2H3. The van der Waals surface area contributed by atoms with Gasteiger partial charge in [0.1, 0.15) is 0 Å². The van der Waals surface area contributed by atoms with Gasteiger partial charge in [0.05, 0.1) is 30.0 Å². The Morgan fingerprint density at radius 1 is 1.47 bits per heavy atom. The van der Waals surface area contributed by atoms with Gasteiger partial charge >= 0.3 is 0 Å². The highest BCUT2D eigenvalue weighted by Gasteiger charge is 2.14. The maximum Gasteiger partial charge on any atom is 0.224 e. The minimum absolute atomic E-state index is 0.0176. The SMILES string of the molecule is CC(CO)N(C)C(=O)CCn1cnc2ccccc21. The number of carbonyl (C=O) groups is 1. The molecule has 0 fully saturated rings. The van der Waals surface area contributed by atoms with Crippen LogP contribution in [0.3, 0.4) is 0 Å². The van der Waals surface area contributed by atoms with E-state index in [4.69, 9.17) is 5.11 Å². The van der Waals surface area contributed by atoms with Gasteiger partial charge in [-0.05, 0) is 19.1 Å². The van der Waals surface area contributed by atoms with Gasteiger partial charge in [-0.1, -0.05) is 12.1 Å². The molecule has 19 heavy (non-hydrogen) atoms. The molecule has 0 saturated heterocycles. The molecule has 102 valence electrons. The van der Waals surface area contributed by atoms with Crippen LogP contribution in [0.15, 0.2) is 30.6 Å². The number of likely N-dealkylation sites (N-methyl/N-ethyl adjacent to an activating group) is 1. The number of hydrogen-bond donors (Lipinski definition) is 1. The van der Waals surface area contributed by atoms with Gasteiger partial charge in [0.25, 0.3) is 0 Å². The molecule has 1 aromatic carbocycles. The molecule has 5 nitrogen and oxygen atoms in total. The van der Waals surface area contributed by atoms with E-state index < -0.39 is 0 Å². The van der Waals surface area contributed by atoms with E-state index in [1.165, 1.54) is 0 Å². The molecule has 1 N–H and O–H groups in total. The van der Waals surface area contributed by atoms with Crippen molar-refractivity contribution in [2.45, 2.75) is 25.9 Å². The number of hydrogen-bond acceptors (Lipinski definition) is 3. The van der Waals surface area contributed by atoms with Crippen molar-refractivity contribution in [2.24, 2.45) is 0 Å².